The first-order valence-electron chi connectivity index (χ1n) is 9.53. The molecule has 7 nitrogen and oxygen atoms in total. The Morgan fingerprint density at radius 3 is 2.76 bits per heavy atom. The van der Waals surface area contributed by atoms with Gasteiger partial charge in [0, 0.05) is 11.1 Å². The van der Waals surface area contributed by atoms with Crippen LogP contribution < -0.4 is 5.56 Å². The first kappa shape index (κ1) is 21.4. The number of aromatic hydroxyl groups is 1. The van der Waals surface area contributed by atoms with E-state index >= 15 is 0 Å². The molecule has 1 aliphatic carbocycles. The highest BCUT2D eigenvalue weighted by Gasteiger charge is 2.34. The molecule has 29 heavy (non-hydrogen) atoms. The second kappa shape index (κ2) is 8.23. The molecule has 0 saturated heterocycles. The van der Waals surface area contributed by atoms with Gasteiger partial charge in [-0.2, -0.15) is 0 Å². The van der Waals surface area contributed by atoms with Crippen molar-refractivity contribution in [3.8, 4) is 5.88 Å². The maximum atomic E-state index is 12.6. The van der Waals surface area contributed by atoms with E-state index in [1.165, 1.54) is 17.6 Å². The van der Waals surface area contributed by atoms with Crippen LogP contribution in [0.15, 0.2) is 9.79 Å². The summed E-state index contributed by atoms with van der Waals surface area (Å²) in [5, 5.41) is 10.5. The average molecular weight is 436 g/mol. The molecule has 2 aromatic rings. The second-order valence-corrected chi connectivity index (χ2v) is 9.63. The van der Waals surface area contributed by atoms with E-state index in [0.717, 1.165) is 29.7 Å². The number of esters is 1. The lowest BCUT2D eigenvalue weighted by Crippen LogP contribution is -2.26. The molecular formula is C20H25N3O4S2. The quantitative estimate of drug-likeness (QED) is 0.377. The first-order valence-corrected chi connectivity index (χ1v) is 10.8. The van der Waals surface area contributed by atoms with Crippen molar-refractivity contribution in [3.63, 3.8) is 0 Å². The van der Waals surface area contributed by atoms with Gasteiger partial charge in [-0.05, 0) is 55.3 Å². The van der Waals surface area contributed by atoms with Crippen molar-refractivity contribution < 1.29 is 14.6 Å². The van der Waals surface area contributed by atoms with Crippen LogP contribution in [0.2, 0.25) is 0 Å². The number of thiophene rings is 1. The Morgan fingerprint density at radius 2 is 2.14 bits per heavy atom. The molecule has 2 heterocycles. The summed E-state index contributed by atoms with van der Waals surface area (Å²) in [4.78, 5) is 35.1. The van der Waals surface area contributed by atoms with Gasteiger partial charge in [-0.1, -0.05) is 20.8 Å². The number of aromatic amines is 2. The van der Waals surface area contributed by atoms with Crippen molar-refractivity contribution in [2.45, 2.75) is 47.0 Å². The number of nitrogens with one attached hydrogen (secondary N) is 2. The van der Waals surface area contributed by atoms with Gasteiger partial charge in [0.1, 0.15) is 10.6 Å². The number of aromatic nitrogens is 2. The highest BCUT2D eigenvalue weighted by molar-refractivity contribution is 7.71. The standard InChI is InChI=1S/C20H25N3O4S2/c1-5-27-18(26)14-11-7-6-10(20(2,3)4)8-13(11)29-17(14)21-9-12-15(24)22-19(28)23-16(12)25/h9-10H,5-8H2,1-4H3,(H3,22,23,24,25,28). The summed E-state index contributed by atoms with van der Waals surface area (Å²) in [6.45, 7) is 8.73. The number of nitrogens with zero attached hydrogens (tertiary/aromatic N) is 1. The fraction of sp³-hybridized carbons (Fsp3) is 0.500. The Kier molecular flexibility index (Phi) is 6.09. The molecule has 1 atom stereocenters. The van der Waals surface area contributed by atoms with Gasteiger partial charge >= 0.3 is 5.97 Å². The Balaban J connectivity index is 2.05. The average Bonchev–Trinajstić information content (AvgIpc) is 2.97. The van der Waals surface area contributed by atoms with E-state index in [1.807, 2.05) is 0 Å². The second-order valence-electron chi connectivity index (χ2n) is 8.14. The molecule has 0 fully saturated rings. The predicted octanol–water partition coefficient (Wildman–Crippen LogP) is 4.28. The Labute approximate surface area is 177 Å². The van der Waals surface area contributed by atoms with Gasteiger partial charge in [-0.15, -0.1) is 11.3 Å². The minimum absolute atomic E-state index is 0.0247. The number of fused-ring (bicyclic) bond motifs is 1. The molecule has 0 spiro atoms. The highest BCUT2D eigenvalue weighted by atomic mass is 32.1. The van der Waals surface area contributed by atoms with Crippen LogP contribution in [0.5, 0.6) is 5.88 Å². The molecule has 1 aliphatic rings. The van der Waals surface area contributed by atoms with Gasteiger partial charge in [-0.3, -0.25) is 9.78 Å². The fourth-order valence-corrected chi connectivity index (χ4v) is 4.99. The maximum absolute atomic E-state index is 12.6. The van der Waals surface area contributed by atoms with Crippen molar-refractivity contribution in [1.82, 2.24) is 9.97 Å². The van der Waals surface area contributed by atoms with Gasteiger partial charge in [-0.25, -0.2) is 9.79 Å². The van der Waals surface area contributed by atoms with Gasteiger partial charge < -0.3 is 14.8 Å². The van der Waals surface area contributed by atoms with Crippen molar-refractivity contribution in [2.24, 2.45) is 16.3 Å². The SMILES string of the molecule is CCOC(=O)c1c(N=Cc2c(O)[nH]c(=S)[nH]c2=O)sc2c1CCC(C(C)(C)C)C2. The van der Waals surface area contributed by atoms with Gasteiger partial charge in [0.15, 0.2) is 4.77 Å². The van der Waals surface area contributed by atoms with E-state index in [-0.39, 0.29) is 28.2 Å². The summed E-state index contributed by atoms with van der Waals surface area (Å²) in [6.07, 6.45) is 3.93. The number of carbonyl (C=O) groups is 1. The third kappa shape index (κ3) is 4.51. The first-order chi connectivity index (χ1) is 13.6. The molecule has 0 bridgehead atoms. The lowest BCUT2D eigenvalue weighted by molar-refractivity contribution is 0.0526. The number of rotatable bonds is 4. The Morgan fingerprint density at radius 1 is 1.41 bits per heavy atom. The van der Waals surface area contributed by atoms with Crippen LogP contribution in [0.1, 0.15) is 60.5 Å². The van der Waals surface area contributed by atoms with Crippen molar-refractivity contribution in [1.29, 1.82) is 0 Å². The summed E-state index contributed by atoms with van der Waals surface area (Å²) in [6, 6.07) is 0. The number of carbonyl (C=O) groups excluding carboxylic acids is 1. The zero-order valence-corrected chi connectivity index (χ0v) is 18.6. The molecule has 0 aliphatic heterocycles. The topological polar surface area (TPSA) is 108 Å². The van der Waals surface area contributed by atoms with Crippen LogP contribution in [-0.2, 0) is 17.6 Å². The minimum Gasteiger partial charge on any atom is -0.494 e. The minimum atomic E-state index is -0.554. The summed E-state index contributed by atoms with van der Waals surface area (Å²) < 4.78 is 5.28. The summed E-state index contributed by atoms with van der Waals surface area (Å²) in [5.74, 6) is -0.257. The maximum Gasteiger partial charge on any atom is 0.341 e. The van der Waals surface area contributed by atoms with E-state index in [4.69, 9.17) is 17.0 Å². The highest BCUT2D eigenvalue weighted by Crippen LogP contribution is 2.45. The molecule has 3 rings (SSSR count). The van der Waals surface area contributed by atoms with E-state index in [1.54, 1.807) is 6.92 Å². The number of hydrogen-bond acceptors (Lipinski definition) is 7. The summed E-state index contributed by atoms with van der Waals surface area (Å²) in [7, 11) is 0. The molecule has 0 amide bonds. The number of H-pyrrole nitrogens is 2. The molecule has 0 radical (unpaired) electrons. The largest absolute Gasteiger partial charge is 0.494 e. The molecular weight excluding hydrogens is 410 g/mol. The molecule has 0 aromatic carbocycles. The van der Waals surface area contributed by atoms with Crippen LogP contribution in [0, 0.1) is 16.1 Å². The molecule has 2 aromatic heterocycles. The van der Waals surface area contributed by atoms with E-state index in [9.17, 15) is 14.7 Å². The third-order valence-corrected chi connectivity index (χ3v) is 6.59. The van der Waals surface area contributed by atoms with E-state index < -0.39 is 11.5 Å². The van der Waals surface area contributed by atoms with Gasteiger partial charge in [0.2, 0.25) is 5.88 Å². The van der Waals surface area contributed by atoms with Crippen LogP contribution in [0.25, 0.3) is 0 Å². The zero-order valence-electron chi connectivity index (χ0n) is 16.9. The monoisotopic (exact) mass is 435 g/mol. The molecule has 1 unspecified atom stereocenters. The fourth-order valence-electron chi connectivity index (χ4n) is 3.54. The molecule has 3 N–H and O–H groups in total. The van der Waals surface area contributed by atoms with Gasteiger partial charge in [0.25, 0.3) is 5.56 Å². The van der Waals surface area contributed by atoms with Crippen molar-refractivity contribution >= 4 is 40.7 Å². The lowest BCUT2D eigenvalue weighted by Gasteiger charge is -2.33. The smallest absolute Gasteiger partial charge is 0.341 e. The molecule has 9 heteroatoms. The Bertz CT molecular complexity index is 1070. The van der Waals surface area contributed by atoms with Crippen LogP contribution in [0.4, 0.5) is 5.00 Å². The number of ether oxygens (including phenoxy) is 1. The third-order valence-electron chi connectivity index (χ3n) is 5.22. The summed E-state index contributed by atoms with van der Waals surface area (Å²) >= 11 is 6.28. The molecule has 0 saturated carbocycles. The van der Waals surface area contributed by atoms with E-state index in [0.29, 0.717) is 16.5 Å². The van der Waals surface area contributed by atoms with E-state index in [2.05, 4.69) is 35.7 Å². The zero-order chi connectivity index (χ0) is 21.3. The lowest BCUT2D eigenvalue weighted by atomic mass is 9.72. The van der Waals surface area contributed by atoms with Crippen LogP contribution in [0.3, 0.4) is 0 Å². The normalized spacial score (nSPS) is 16.8. The predicted molar refractivity (Wildman–Crippen MR) is 116 cm³/mol. The number of hydrogen-bond donors (Lipinski definition) is 3. The van der Waals surface area contributed by atoms with Crippen LogP contribution in [-0.4, -0.2) is 33.9 Å². The van der Waals surface area contributed by atoms with Gasteiger partial charge in [0.05, 0.1) is 12.2 Å². The molecule has 156 valence electrons. The number of aliphatic imine (C=N–C) groups is 1. The van der Waals surface area contributed by atoms with Crippen molar-refractivity contribution in [2.75, 3.05) is 6.61 Å². The summed E-state index contributed by atoms with van der Waals surface area (Å²) in [5.41, 5.74) is 1.03. The van der Waals surface area contributed by atoms with Crippen molar-refractivity contribution in [3.05, 3.63) is 36.7 Å². The van der Waals surface area contributed by atoms with Crippen LogP contribution >= 0.6 is 23.6 Å². The Hall–Kier alpha value is -2.26.